The predicted molar refractivity (Wildman–Crippen MR) is 98.6 cm³/mol. The highest BCUT2D eigenvalue weighted by Gasteiger charge is 2.34. The number of para-hydroxylation sites is 1. The van der Waals surface area contributed by atoms with Crippen molar-refractivity contribution < 1.29 is 14.4 Å². The lowest BCUT2D eigenvalue weighted by Crippen LogP contribution is -2.49. The average molecular weight is 351 g/mol. The molecule has 0 unspecified atom stereocenters. The summed E-state index contributed by atoms with van der Waals surface area (Å²) in [7, 11) is 1.58. The third-order valence-electron chi connectivity index (χ3n) is 4.46. The molecule has 6 nitrogen and oxygen atoms in total. The van der Waals surface area contributed by atoms with Crippen LogP contribution in [0.3, 0.4) is 0 Å². The summed E-state index contributed by atoms with van der Waals surface area (Å²) in [6, 6.07) is 15.7. The minimum absolute atomic E-state index is 0.0657. The van der Waals surface area contributed by atoms with Crippen LogP contribution in [-0.4, -0.2) is 42.3 Å². The molecule has 26 heavy (non-hydrogen) atoms. The Bertz CT molecular complexity index is 835. The summed E-state index contributed by atoms with van der Waals surface area (Å²) >= 11 is 0. The second-order valence-electron chi connectivity index (χ2n) is 6.32. The molecule has 1 aliphatic heterocycles. The fraction of sp³-hybridized carbons (Fsp3) is 0.250. The molecule has 3 amide bonds. The highest BCUT2D eigenvalue weighted by Crippen LogP contribution is 2.27. The Morgan fingerprint density at radius 2 is 1.73 bits per heavy atom. The number of carbonyl (C=O) groups is 3. The van der Waals surface area contributed by atoms with Gasteiger partial charge in [0, 0.05) is 13.6 Å². The van der Waals surface area contributed by atoms with Gasteiger partial charge in [-0.3, -0.25) is 19.3 Å². The molecule has 1 aliphatic rings. The van der Waals surface area contributed by atoms with Gasteiger partial charge in [-0.15, -0.1) is 0 Å². The van der Waals surface area contributed by atoms with Gasteiger partial charge >= 0.3 is 0 Å². The molecular weight excluding hydrogens is 330 g/mol. The van der Waals surface area contributed by atoms with E-state index in [9.17, 15) is 14.4 Å². The maximum absolute atomic E-state index is 12.7. The van der Waals surface area contributed by atoms with Crippen LogP contribution in [0, 0.1) is 0 Å². The second kappa shape index (κ2) is 7.39. The molecule has 6 heteroatoms. The Labute approximate surface area is 152 Å². The number of benzene rings is 2. The fourth-order valence-electron chi connectivity index (χ4n) is 3.03. The van der Waals surface area contributed by atoms with E-state index in [0.717, 1.165) is 5.56 Å². The maximum atomic E-state index is 12.7. The molecule has 0 radical (unpaired) electrons. The van der Waals surface area contributed by atoms with Crippen LogP contribution in [-0.2, 0) is 16.1 Å². The van der Waals surface area contributed by atoms with Crippen molar-refractivity contribution in [1.29, 1.82) is 0 Å². The Morgan fingerprint density at radius 3 is 2.46 bits per heavy atom. The first-order valence-electron chi connectivity index (χ1n) is 8.47. The third-order valence-corrected chi connectivity index (χ3v) is 4.46. The van der Waals surface area contributed by atoms with Crippen molar-refractivity contribution in [1.82, 2.24) is 10.2 Å². The fourth-order valence-corrected chi connectivity index (χ4v) is 3.03. The van der Waals surface area contributed by atoms with Gasteiger partial charge in [-0.1, -0.05) is 42.5 Å². The van der Waals surface area contributed by atoms with Gasteiger partial charge in [-0.25, -0.2) is 0 Å². The smallest absolute Gasteiger partial charge is 0.256 e. The van der Waals surface area contributed by atoms with Crippen LogP contribution in [0.5, 0.6) is 0 Å². The van der Waals surface area contributed by atoms with Crippen molar-refractivity contribution in [2.45, 2.75) is 19.5 Å². The maximum Gasteiger partial charge on any atom is 0.256 e. The van der Waals surface area contributed by atoms with Crippen molar-refractivity contribution in [3.8, 4) is 0 Å². The number of amides is 3. The molecule has 0 aromatic heterocycles. The SMILES string of the molecule is C[C@H](C(=O)NCc1ccccc1)N1C(=O)CN(C)C(=O)c2ccccc21. The lowest BCUT2D eigenvalue weighted by Gasteiger charge is -2.28. The number of rotatable bonds is 4. The van der Waals surface area contributed by atoms with Crippen LogP contribution in [0.2, 0.25) is 0 Å². The Morgan fingerprint density at radius 1 is 1.08 bits per heavy atom. The molecule has 0 bridgehead atoms. The van der Waals surface area contributed by atoms with E-state index in [1.54, 1.807) is 38.2 Å². The summed E-state index contributed by atoms with van der Waals surface area (Å²) in [5.74, 6) is -0.782. The highest BCUT2D eigenvalue weighted by atomic mass is 16.2. The Hall–Kier alpha value is -3.15. The standard InChI is InChI=1S/C20H21N3O3/c1-14(19(25)21-12-15-8-4-3-5-9-15)23-17-11-7-6-10-16(17)20(26)22(2)13-18(23)24/h3-11,14H,12-13H2,1-2H3,(H,21,25)/t14-/m1/s1. The number of hydrogen-bond donors (Lipinski definition) is 1. The molecule has 0 fully saturated rings. The number of hydrogen-bond acceptors (Lipinski definition) is 3. The molecule has 134 valence electrons. The molecule has 1 N–H and O–H groups in total. The van der Waals surface area contributed by atoms with Crippen LogP contribution in [0.4, 0.5) is 5.69 Å². The molecule has 1 atom stereocenters. The van der Waals surface area contributed by atoms with E-state index in [-0.39, 0.29) is 24.3 Å². The van der Waals surface area contributed by atoms with Crippen molar-refractivity contribution in [3.05, 3.63) is 65.7 Å². The van der Waals surface area contributed by atoms with Crippen LogP contribution >= 0.6 is 0 Å². The number of carbonyl (C=O) groups excluding carboxylic acids is 3. The van der Waals surface area contributed by atoms with Gasteiger partial charge in [0.2, 0.25) is 11.8 Å². The van der Waals surface area contributed by atoms with E-state index in [0.29, 0.717) is 17.8 Å². The van der Waals surface area contributed by atoms with Crippen molar-refractivity contribution >= 4 is 23.4 Å². The van der Waals surface area contributed by atoms with Crippen LogP contribution in [0.15, 0.2) is 54.6 Å². The zero-order valence-corrected chi connectivity index (χ0v) is 14.8. The Kier molecular flexibility index (Phi) is 5.02. The van der Waals surface area contributed by atoms with Gasteiger partial charge in [0.25, 0.3) is 5.91 Å². The monoisotopic (exact) mass is 351 g/mol. The molecule has 0 spiro atoms. The molecule has 0 saturated heterocycles. The predicted octanol–water partition coefficient (Wildman–Crippen LogP) is 1.81. The first-order chi connectivity index (χ1) is 12.5. The van der Waals surface area contributed by atoms with Gasteiger partial charge in [0.1, 0.15) is 12.6 Å². The van der Waals surface area contributed by atoms with Crippen molar-refractivity contribution in [3.63, 3.8) is 0 Å². The molecule has 2 aromatic carbocycles. The van der Waals surface area contributed by atoms with Gasteiger partial charge in [0.15, 0.2) is 0 Å². The van der Waals surface area contributed by atoms with E-state index in [4.69, 9.17) is 0 Å². The minimum Gasteiger partial charge on any atom is -0.350 e. The summed E-state index contributed by atoms with van der Waals surface area (Å²) in [5.41, 5.74) is 1.86. The summed E-state index contributed by atoms with van der Waals surface area (Å²) in [5, 5.41) is 2.86. The second-order valence-corrected chi connectivity index (χ2v) is 6.32. The minimum atomic E-state index is -0.730. The summed E-state index contributed by atoms with van der Waals surface area (Å²) in [6.07, 6.45) is 0. The molecule has 2 aromatic rings. The van der Waals surface area contributed by atoms with E-state index in [2.05, 4.69) is 5.32 Å². The zero-order chi connectivity index (χ0) is 18.7. The number of likely N-dealkylation sites (N-methyl/N-ethyl adjacent to an activating group) is 1. The third kappa shape index (κ3) is 3.44. The molecule has 0 aliphatic carbocycles. The first kappa shape index (κ1) is 17.7. The summed E-state index contributed by atoms with van der Waals surface area (Å²) < 4.78 is 0. The number of nitrogens with zero attached hydrogens (tertiary/aromatic N) is 2. The number of anilines is 1. The summed E-state index contributed by atoms with van der Waals surface area (Å²) in [6.45, 7) is 1.99. The van der Waals surface area contributed by atoms with Crippen molar-refractivity contribution in [2.75, 3.05) is 18.5 Å². The normalized spacial score (nSPS) is 15.3. The Balaban J connectivity index is 1.84. The van der Waals surface area contributed by atoms with E-state index in [1.807, 2.05) is 30.3 Å². The number of fused-ring (bicyclic) bond motifs is 1. The molecule has 1 heterocycles. The van der Waals surface area contributed by atoms with Gasteiger partial charge < -0.3 is 10.2 Å². The molecular formula is C20H21N3O3. The quantitative estimate of drug-likeness (QED) is 0.913. The lowest BCUT2D eigenvalue weighted by molar-refractivity contribution is -0.126. The van der Waals surface area contributed by atoms with Crippen LogP contribution in [0.25, 0.3) is 0 Å². The van der Waals surface area contributed by atoms with Gasteiger partial charge in [-0.2, -0.15) is 0 Å². The van der Waals surface area contributed by atoms with Crippen LogP contribution in [0.1, 0.15) is 22.8 Å². The number of nitrogens with one attached hydrogen (secondary N) is 1. The van der Waals surface area contributed by atoms with E-state index >= 15 is 0 Å². The molecule has 3 rings (SSSR count). The first-order valence-corrected chi connectivity index (χ1v) is 8.47. The average Bonchev–Trinajstić information content (AvgIpc) is 2.75. The van der Waals surface area contributed by atoms with E-state index < -0.39 is 6.04 Å². The van der Waals surface area contributed by atoms with Crippen LogP contribution < -0.4 is 10.2 Å². The topological polar surface area (TPSA) is 69.7 Å². The molecule has 0 saturated carbocycles. The summed E-state index contributed by atoms with van der Waals surface area (Å²) in [4.78, 5) is 40.6. The largest absolute Gasteiger partial charge is 0.350 e. The zero-order valence-electron chi connectivity index (χ0n) is 14.8. The van der Waals surface area contributed by atoms with Gasteiger partial charge in [-0.05, 0) is 24.6 Å². The van der Waals surface area contributed by atoms with E-state index in [1.165, 1.54) is 9.80 Å². The highest BCUT2D eigenvalue weighted by molar-refractivity contribution is 6.11. The lowest BCUT2D eigenvalue weighted by atomic mass is 10.1. The van der Waals surface area contributed by atoms with Crippen molar-refractivity contribution in [2.24, 2.45) is 0 Å². The van der Waals surface area contributed by atoms with Gasteiger partial charge in [0.05, 0.1) is 11.3 Å².